The number of allylic oxidation sites excluding steroid dienone is 1. The molecule has 1 heterocycles. The van der Waals surface area contributed by atoms with Gasteiger partial charge < -0.3 is 21.1 Å². The van der Waals surface area contributed by atoms with Gasteiger partial charge in [0.15, 0.2) is 0 Å². The number of carboxylic acids is 1. The Morgan fingerprint density at radius 1 is 1.67 bits per heavy atom. The number of hydrogen-bond donors (Lipinski definition) is 4. The Labute approximate surface area is 87.7 Å². The van der Waals surface area contributed by atoms with Gasteiger partial charge in [-0.1, -0.05) is 0 Å². The van der Waals surface area contributed by atoms with Crippen LogP contribution in [0, 0.1) is 0 Å². The molecule has 0 radical (unpaired) electrons. The fraction of sp³-hybridized carbons (Fsp3) is 0.556. The first-order valence-corrected chi connectivity index (χ1v) is 4.78. The van der Waals surface area contributed by atoms with E-state index >= 15 is 0 Å². The summed E-state index contributed by atoms with van der Waals surface area (Å²) >= 11 is 0. The van der Waals surface area contributed by atoms with Crippen molar-refractivity contribution >= 4 is 11.9 Å². The number of carbonyl (C=O) groups is 2. The SMILES string of the molecule is C[C@H](NC(=O)CCC1=CNCN1)C(=O)O. The van der Waals surface area contributed by atoms with Crippen LogP contribution in [0.25, 0.3) is 0 Å². The number of aliphatic carboxylic acids is 1. The quantitative estimate of drug-likeness (QED) is 0.487. The predicted octanol–water partition coefficient (Wildman–Crippen LogP) is -0.652. The smallest absolute Gasteiger partial charge is 0.325 e. The fourth-order valence-corrected chi connectivity index (χ4v) is 1.17. The molecule has 1 aliphatic heterocycles. The first-order valence-electron chi connectivity index (χ1n) is 4.78. The summed E-state index contributed by atoms with van der Waals surface area (Å²) in [5, 5.41) is 16.9. The Bertz CT molecular complexity index is 288. The van der Waals surface area contributed by atoms with Crippen LogP contribution in [0.3, 0.4) is 0 Å². The van der Waals surface area contributed by atoms with Gasteiger partial charge in [0.1, 0.15) is 6.04 Å². The van der Waals surface area contributed by atoms with Crippen molar-refractivity contribution in [3.63, 3.8) is 0 Å². The lowest BCUT2D eigenvalue weighted by molar-refractivity contribution is -0.141. The molecular formula is C9H15N3O3. The van der Waals surface area contributed by atoms with E-state index in [0.717, 1.165) is 5.70 Å². The van der Waals surface area contributed by atoms with Gasteiger partial charge >= 0.3 is 5.97 Å². The maximum atomic E-state index is 11.3. The molecule has 1 rings (SSSR count). The van der Waals surface area contributed by atoms with Crippen molar-refractivity contribution in [1.29, 1.82) is 0 Å². The van der Waals surface area contributed by atoms with E-state index in [0.29, 0.717) is 13.1 Å². The van der Waals surface area contributed by atoms with Gasteiger partial charge in [-0.2, -0.15) is 0 Å². The van der Waals surface area contributed by atoms with Gasteiger partial charge in [0.05, 0.1) is 6.67 Å². The normalized spacial score (nSPS) is 15.9. The fourth-order valence-electron chi connectivity index (χ4n) is 1.17. The maximum absolute atomic E-state index is 11.3. The van der Waals surface area contributed by atoms with Crippen LogP contribution in [-0.4, -0.2) is 29.7 Å². The minimum Gasteiger partial charge on any atom is -0.480 e. The summed E-state index contributed by atoms with van der Waals surface area (Å²) in [6.07, 6.45) is 2.69. The highest BCUT2D eigenvalue weighted by molar-refractivity contribution is 5.83. The number of carboxylic acid groups (broad SMARTS) is 1. The van der Waals surface area contributed by atoms with E-state index in [1.165, 1.54) is 6.92 Å². The van der Waals surface area contributed by atoms with Crippen LogP contribution in [-0.2, 0) is 9.59 Å². The second kappa shape index (κ2) is 5.23. The molecule has 0 aromatic rings. The van der Waals surface area contributed by atoms with Crippen LogP contribution in [0.4, 0.5) is 0 Å². The average molecular weight is 213 g/mol. The molecule has 0 bridgehead atoms. The van der Waals surface area contributed by atoms with Crippen LogP contribution >= 0.6 is 0 Å². The molecule has 1 aliphatic rings. The van der Waals surface area contributed by atoms with Crippen LogP contribution in [0.15, 0.2) is 11.9 Å². The highest BCUT2D eigenvalue weighted by Crippen LogP contribution is 2.02. The monoisotopic (exact) mass is 213 g/mol. The summed E-state index contributed by atoms with van der Waals surface area (Å²) in [6.45, 7) is 2.12. The maximum Gasteiger partial charge on any atom is 0.325 e. The lowest BCUT2D eigenvalue weighted by Gasteiger charge is -2.09. The first-order chi connectivity index (χ1) is 7.09. The van der Waals surface area contributed by atoms with Crippen LogP contribution < -0.4 is 16.0 Å². The molecule has 0 saturated heterocycles. The molecule has 0 saturated carbocycles. The number of carbonyl (C=O) groups excluding carboxylic acids is 1. The molecule has 84 valence electrons. The van der Waals surface area contributed by atoms with E-state index in [1.807, 2.05) is 6.20 Å². The minimum absolute atomic E-state index is 0.250. The van der Waals surface area contributed by atoms with Crippen LogP contribution in [0.1, 0.15) is 19.8 Å². The van der Waals surface area contributed by atoms with Gasteiger partial charge in [-0.25, -0.2) is 0 Å². The molecule has 1 amide bonds. The summed E-state index contributed by atoms with van der Waals surface area (Å²) in [4.78, 5) is 21.7. The molecular weight excluding hydrogens is 198 g/mol. The van der Waals surface area contributed by atoms with Crippen molar-refractivity contribution in [3.8, 4) is 0 Å². The number of nitrogens with one attached hydrogen (secondary N) is 3. The molecule has 0 spiro atoms. The molecule has 0 aliphatic carbocycles. The predicted molar refractivity (Wildman–Crippen MR) is 53.7 cm³/mol. The standard InChI is InChI=1S/C9H15N3O3/c1-6(9(14)15)12-8(13)3-2-7-4-10-5-11-7/h4,6,10-11H,2-3,5H2,1H3,(H,12,13)(H,14,15)/t6-/m0/s1. The van der Waals surface area contributed by atoms with Crippen molar-refractivity contribution in [2.75, 3.05) is 6.67 Å². The molecule has 0 unspecified atom stereocenters. The van der Waals surface area contributed by atoms with Gasteiger partial charge in [-0.15, -0.1) is 0 Å². The highest BCUT2D eigenvalue weighted by Gasteiger charge is 2.14. The number of amides is 1. The third kappa shape index (κ3) is 3.88. The van der Waals surface area contributed by atoms with Crippen molar-refractivity contribution < 1.29 is 14.7 Å². The van der Waals surface area contributed by atoms with Crippen LogP contribution in [0.5, 0.6) is 0 Å². The minimum atomic E-state index is -1.02. The Kier molecular flexibility index (Phi) is 3.96. The highest BCUT2D eigenvalue weighted by atomic mass is 16.4. The van der Waals surface area contributed by atoms with Gasteiger partial charge in [-0.05, 0) is 13.3 Å². The Morgan fingerprint density at radius 2 is 2.40 bits per heavy atom. The number of hydrogen-bond acceptors (Lipinski definition) is 4. The zero-order chi connectivity index (χ0) is 11.3. The molecule has 1 atom stereocenters. The van der Waals surface area contributed by atoms with Crippen molar-refractivity contribution in [2.24, 2.45) is 0 Å². The Balaban J connectivity index is 2.21. The lowest BCUT2D eigenvalue weighted by Crippen LogP contribution is -2.38. The van der Waals surface area contributed by atoms with E-state index < -0.39 is 12.0 Å². The van der Waals surface area contributed by atoms with E-state index in [9.17, 15) is 9.59 Å². The van der Waals surface area contributed by atoms with Crippen molar-refractivity contribution in [1.82, 2.24) is 16.0 Å². The second-order valence-corrected chi connectivity index (χ2v) is 3.35. The molecule has 4 N–H and O–H groups in total. The summed E-state index contributed by atoms with van der Waals surface area (Å²) in [7, 11) is 0. The molecule has 6 nitrogen and oxygen atoms in total. The van der Waals surface area contributed by atoms with Gasteiger partial charge in [0.25, 0.3) is 0 Å². The van der Waals surface area contributed by atoms with Crippen molar-refractivity contribution in [3.05, 3.63) is 11.9 Å². The van der Waals surface area contributed by atoms with Crippen LogP contribution in [0.2, 0.25) is 0 Å². The average Bonchev–Trinajstić information content (AvgIpc) is 2.66. The second-order valence-electron chi connectivity index (χ2n) is 3.35. The Morgan fingerprint density at radius 3 is 2.93 bits per heavy atom. The van der Waals surface area contributed by atoms with E-state index in [-0.39, 0.29) is 12.3 Å². The van der Waals surface area contributed by atoms with Crippen molar-refractivity contribution in [2.45, 2.75) is 25.8 Å². The summed E-state index contributed by atoms with van der Waals surface area (Å²) in [5.41, 5.74) is 0.966. The summed E-state index contributed by atoms with van der Waals surface area (Å²) in [6, 6.07) is -0.832. The number of rotatable bonds is 5. The van der Waals surface area contributed by atoms with E-state index in [2.05, 4.69) is 16.0 Å². The Hall–Kier alpha value is -1.72. The largest absolute Gasteiger partial charge is 0.480 e. The molecule has 0 aromatic heterocycles. The third-order valence-electron chi connectivity index (χ3n) is 2.06. The van der Waals surface area contributed by atoms with Gasteiger partial charge in [0.2, 0.25) is 5.91 Å². The molecule has 6 heteroatoms. The van der Waals surface area contributed by atoms with Gasteiger partial charge in [0, 0.05) is 18.3 Å². The lowest BCUT2D eigenvalue weighted by atomic mass is 10.2. The molecule has 15 heavy (non-hydrogen) atoms. The summed E-state index contributed by atoms with van der Waals surface area (Å²) < 4.78 is 0. The molecule has 0 aromatic carbocycles. The topological polar surface area (TPSA) is 90.5 Å². The summed E-state index contributed by atoms with van der Waals surface area (Å²) in [5.74, 6) is -1.28. The third-order valence-corrected chi connectivity index (χ3v) is 2.06. The first kappa shape index (κ1) is 11.4. The van der Waals surface area contributed by atoms with Gasteiger partial charge in [-0.3, -0.25) is 9.59 Å². The zero-order valence-corrected chi connectivity index (χ0v) is 8.54. The van der Waals surface area contributed by atoms with E-state index in [4.69, 9.17) is 5.11 Å². The van der Waals surface area contributed by atoms with E-state index in [1.54, 1.807) is 0 Å². The zero-order valence-electron chi connectivity index (χ0n) is 8.54. The molecule has 0 fully saturated rings.